The van der Waals surface area contributed by atoms with Gasteiger partial charge in [-0.3, -0.25) is 0 Å². The summed E-state index contributed by atoms with van der Waals surface area (Å²) in [6, 6.07) is 8.33. The van der Waals surface area contributed by atoms with Gasteiger partial charge in [0.05, 0.1) is 5.56 Å². The maximum atomic E-state index is 12.6. The van der Waals surface area contributed by atoms with Gasteiger partial charge < -0.3 is 4.90 Å². The summed E-state index contributed by atoms with van der Waals surface area (Å²) in [5, 5.41) is 0. The number of piperazine rings is 1. The predicted octanol–water partition coefficient (Wildman–Crippen LogP) is 3.59. The third kappa shape index (κ3) is 3.83. The maximum Gasteiger partial charge on any atom is 0.416 e. The van der Waals surface area contributed by atoms with Gasteiger partial charge in [0, 0.05) is 36.7 Å². The highest BCUT2D eigenvalue weighted by Gasteiger charge is 2.31. The summed E-state index contributed by atoms with van der Waals surface area (Å²) in [6.07, 6.45) is -4.36. The highest BCUT2D eigenvalue weighted by atomic mass is 32.2. The largest absolute Gasteiger partial charge is 0.416 e. The fourth-order valence-electron chi connectivity index (χ4n) is 2.73. The van der Waals surface area contributed by atoms with Crippen LogP contribution in [-0.2, 0) is 16.2 Å². The van der Waals surface area contributed by atoms with Crippen LogP contribution in [0.2, 0.25) is 0 Å². The molecule has 0 amide bonds. The van der Waals surface area contributed by atoms with Gasteiger partial charge in [0.1, 0.15) is 4.21 Å². The first-order chi connectivity index (χ1) is 11.7. The fraction of sp³-hybridized carbons (Fsp3) is 0.375. The van der Waals surface area contributed by atoms with E-state index in [0.717, 1.165) is 17.0 Å². The number of nitrogens with zero attached hydrogens (tertiary/aromatic N) is 2. The summed E-state index contributed by atoms with van der Waals surface area (Å²) in [6.45, 7) is 3.34. The molecule has 3 rings (SSSR count). The van der Waals surface area contributed by atoms with Gasteiger partial charge in [0.25, 0.3) is 10.0 Å². The Morgan fingerprint density at radius 3 is 2.04 bits per heavy atom. The molecule has 136 valence electrons. The van der Waals surface area contributed by atoms with Crippen LogP contribution in [0.25, 0.3) is 0 Å². The Morgan fingerprint density at radius 2 is 1.56 bits per heavy atom. The lowest BCUT2D eigenvalue weighted by Gasteiger charge is -2.35. The van der Waals surface area contributed by atoms with Gasteiger partial charge in [-0.15, -0.1) is 11.3 Å². The monoisotopic (exact) mass is 390 g/mol. The fourth-order valence-corrected chi connectivity index (χ4v) is 5.59. The first-order valence-electron chi connectivity index (χ1n) is 7.67. The first-order valence-corrected chi connectivity index (χ1v) is 9.92. The molecule has 1 aliphatic rings. The molecule has 0 spiro atoms. The molecule has 0 unspecified atom stereocenters. The number of alkyl halides is 3. The molecule has 1 aromatic heterocycles. The molecule has 9 heteroatoms. The SMILES string of the molecule is Cc1ccc(S(=O)(=O)N2CCN(c3ccc(C(F)(F)F)cc3)CC2)s1. The zero-order chi connectivity index (χ0) is 18.2. The second kappa shape index (κ2) is 6.62. The third-order valence-corrected chi connectivity index (χ3v) is 7.48. The summed E-state index contributed by atoms with van der Waals surface area (Å²) in [5.74, 6) is 0. The Kier molecular flexibility index (Phi) is 4.82. The van der Waals surface area contributed by atoms with Gasteiger partial charge in [-0.05, 0) is 43.3 Å². The van der Waals surface area contributed by atoms with E-state index in [2.05, 4.69) is 0 Å². The van der Waals surface area contributed by atoms with Crippen molar-refractivity contribution in [2.45, 2.75) is 17.3 Å². The number of anilines is 1. The Hall–Kier alpha value is -1.58. The highest BCUT2D eigenvalue weighted by molar-refractivity contribution is 7.91. The number of aryl methyl sites for hydroxylation is 1. The van der Waals surface area contributed by atoms with Crippen molar-refractivity contribution in [3.63, 3.8) is 0 Å². The average Bonchev–Trinajstić information content (AvgIpc) is 3.02. The van der Waals surface area contributed by atoms with E-state index in [4.69, 9.17) is 0 Å². The molecule has 2 heterocycles. The zero-order valence-electron chi connectivity index (χ0n) is 13.5. The molecule has 1 aromatic carbocycles. The van der Waals surface area contributed by atoms with E-state index in [0.29, 0.717) is 36.1 Å². The topological polar surface area (TPSA) is 40.6 Å². The van der Waals surface area contributed by atoms with Crippen molar-refractivity contribution in [1.29, 1.82) is 0 Å². The Bertz CT molecular complexity index is 837. The van der Waals surface area contributed by atoms with E-state index < -0.39 is 21.8 Å². The summed E-state index contributed by atoms with van der Waals surface area (Å²) in [5.41, 5.74) is -0.0254. The lowest BCUT2D eigenvalue weighted by molar-refractivity contribution is -0.137. The molecule has 2 aromatic rings. The summed E-state index contributed by atoms with van der Waals surface area (Å²) in [4.78, 5) is 2.83. The molecule has 0 saturated carbocycles. The summed E-state index contributed by atoms with van der Waals surface area (Å²) < 4.78 is 64.8. The lowest BCUT2D eigenvalue weighted by atomic mass is 10.2. The number of hydrogen-bond donors (Lipinski definition) is 0. The molecule has 0 N–H and O–H groups in total. The number of thiophene rings is 1. The molecule has 0 bridgehead atoms. The molecule has 0 aliphatic carbocycles. The second-order valence-electron chi connectivity index (χ2n) is 5.80. The predicted molar refractivity (Wildman–Crippen MR) is 91.5 cm³/mol. The van der Waals surface area contributed by atoms with Crippen molar-refractivity contribution in [3.8, 4) is 0 Å². The molecule has 1 fully saturated rings. The van der Waals surface area contributed by atoms with E-state index in [1.807, 2.05) is 11.8 Å². The van der Waals surface area contributed by atoms with Crippen molar-refractivity contribution >= 4 is 27.0 Å². The van der Waals surface area contributed by atoms with Gasteiger partial charge in [-0.25, -0.2) is 8.42 Å². The Labute approximate surface area is 148 Å². The number of sulfonamides is 1. The van der Waals surface area contributed by atoms with Crippen LogP contribution >= 0.6 is 11.3 Å². The van der Waals surface area contributed by atoms with Crippen molar-refractivity contribution < 1.29 is 21.6 Å². The second-order valence-corrected chi connectivity index (χ2v) is 9.25. The standard InChI is InChI=1S/C16H17F3N2O2S2/c1-12-2-7-15(24-12)25(22,23)21-10-8-20(9-11-21)14-5-3-13(4-6-14)16(17,18)19/h2-7H,8-11H2,1H3. The summed E-state index contributed by atoms with van der Waals surface area (Å²) in [7, 11) is -3.50. The van der Waals surface area contributed by atoms with E-state index in [1.54, 1.807) is 12.1 Å². The molecule has 1 aliphatic heterocycles. The third-order valence-electron chi connectivity index (χ3n) is 4.11. The van der Waals surface area contributed by atoms with Crippen LogP contribution in [0.15, 0.2) is 40.6 Å². The minimum atomic E-state index is -4.36. The van der Waals surface area contributed by atoms with Crippen LogP contribution in [0.3, 0.4) is 0 Å². The van der Waals surface area contributed by atoms with Crippen LogP contribution in [0.5, 0.6) is 0 Å². The van der Waals surface area contributed by atoms with Crippen LogP contribution in [0.1, 0.15) is 10.4 Å². The lowest BCUT2D eigenvalue weighted by Crippen LogP contribution is -2.48. The molecule has 0 atom stereocenters. The van der Waals surface area contributed by atoms with Gasteiger partial charge >= 0.3 is 6.18 Å². The summed E-state index contributed by atoms with van der Waals surface area (Å²) >= 11 is 1.24. The zero-order valence-corrected chi connectivity index (χ0v) is 15.1. The van der Waals surface area contributed by atoms with Crippen LogP contribution in [-0.4, -0.2) is 38.9 Å². The first kappa shape index (κ1) is 18.2. The van der Waals surface area contributed by atoms with E-state index in [9.17, 15) is 21.6 Å². The number of benzene rings is 1. The van der Waals surface area contributed by atoms with Gasteiger partial charge in [-0.2, -0.15) is 17.5 Å². The minimum absolute atomic E-state index is 0.306. The Morgan fingerprint density at radius 1 is 0.960 bits per heavy atom. The maximum absolute atomic E-state index is 12.6. The van der Waals surface area contributed by atoms with Crippen LogP contribution in [0.4, 0.5) is 18.9 Å². The van der Waals surface area contributed by atoms with Crippen LogP contribution < -0.4 is 4.90 Å². The highest BCUT2D eigenvalue weighted by Crippen LogP contribution is 2.31. The van der Waals surface area contributed by atoms with E-state index in [1.165, 1.54) is 27.8 Å². The number of halogens is 3. The average molecular weight is 390 g/mol. The smallest absolute Gasteiger partial charge is 0.369 e. The van der Waals surface area contributed by atoms with E-state index >= 15 is 0 Å². The Balaban J connectivity index is 1.68. The molecule has 4 nitrogen and oxygen atoms in total. The van der Waals surface area contributed by atoms with Crippen molar-refractivity contribution in [1.82, 2.24) is 4.31 Å². The van der Waals surface area contributed by atoms with E-state index in [-0.39, 0.29) is 0 Å². The minimum Gasteiger partial charge on any atom is -0.369 e. The number of hydrogen-bond acceptors (Lipinski definition) is 4. The molecular formula is C16H17F3N2O2S2. The molecular weight excluding hydrogens is 373 g/mol. The normalized spacial score (nSPS) is 17.0. The van der Waals surface area contributed by atoms with Gasteiger partial charge in [0.15, 0.2) is 0 Å². The van der Waals surface area contributed by atoms with Gasteiger partial charge in [-0.1, -0.05) is 0 Å². The van der Waals surface area contributed by atoms with Crippen molar-refractivity contribution in [2.75, 3.05) is 31.1 Å². The van der Waals surface area contributed by atoms with Crippen molar-refractivity contribution in [2.24, 2.45) is 0 Å². The van der Waals surface area contributed by atoms with Gasteiger partial charge in [0.2, 0.25) is 0 Å². The van der Waals surface area contributed by atoms with Crippen molar-refractivity contribution in [3.05, 3.63) is 46.8 Å². The molecule has 1 saturated heterocycles. The molecule has 0 radical (unpaired) electrons. The molecule has 25 heavy (non-hydrogen) atoms. The quantitative estimate of drug-likeness (QED) is 0.804. The van der Waals surface area contributed by atoms with Crippen LogP contribution in [0, 0.1) is 6.92 Å². The number of rotatable bonds is 3.